The van der Waals surface area contributed by atoms with Gasteiger partial charge in [-0.1, -0.05) is 6.92 Å². The van der Waals surface area contributed by atoms with E-state index in [0.29, 0.717) is 6.42 Å². The summed E-state index contributed by atoms with van der Waals surface area (Å²) in [6.45, 7) is 1.88. The summed E-state index contributed by atoms with van der Waals surface area (Å²) in [7, 11) is 1.46. The Balaban J connectivity index is 3.09. The number of methoxy groups -OCH3 is 1. The normalized spacial score (nSPS) is 12.4. The zero-order valence-corrected chi connectivity index (χ0v) is 14.8. The number of hydrogen-bond donors (Lipinski definition) is 6. The van der Waals surface area contributed by atoms with Crippen molar-refractivity contribution in [2.75, 3.05) is 24.4 Å². The van der Waals surface area contributed by atoms with Gasteiger partial charge in [-0.2, -0.15) is 0 Å². The van der Waals surface area contributed by atoms with Crippen LogP contribution in [-0.4, -0.2) is 47.3 Å². The molecule has 0 aliphatic heterocycles. The number of amides is 2. The van der Waals surface area contributed by atoms with E-state index in [1.807, 2.05) is 0 Å². The molecule has 0 radical (unpaired) electrons. The summed E-state index contributed by atoms with van der Waals surface area (Å²) >= 11 is 4.18. The smallest absolute Gasteiger partial charge is 0.271 e. The van der Waals surface area contributed by atoms with E-state index < -0.39 is 17.9 Å². The molecule has 0 aliphatic rings. The molecule has 1 aromatic heterocycles. The summed E-state index contributed by atoms with van der Waals surface area (Å²) in [4.78, 5) is 30.9. The molecule has 0 aromatic carbocycles. The van der Waals surface area contributed by atoms with E-state index >= 15 is 0 Å². The average Bonchev–Trinajstić information content (AvgIpc) is 2.52. The van der Waals surface area contributed by atoms with Gasteiger partial charge in [-0.25, -0.2) is 9.97 Å². The summed E-state index contributed by atoms with van der Waals surface area (Å²) in [5.74, 6) is -1.08. The molecule has 0 unspecified atom stereocenters. The molecule has 0 aliphatic carbocycles. The first-order chi connectivity index (χ1) is 11.8. The molecular weight excluding hydrogens is 346 g/mol. The number of anilines is 2. The fourth-order valence-electron chi connectivity index (χ4n) is 1.80. The highest BCUT2D eigenvalue weighted by molar-refractivity contribution is 7.84. The number of hydrogen-bond acceptors (Lipinski definition) is 9. The number of nitrogens with two attached hydrogens (primary N) is 2. The van der Waals surface area contributed by atoms with Crippen LogP contribution in [0.2, 0.25) is 0 Å². The van der Waals surface area contributed by atoms with Crippen molar-refractivity contribution in [1.82, 2.24) is 9.97 Å². The van der Waals surface area contributed by atoms with Crippen LogP contribution in [0.4, 0.5) is 11.6 Å². The van der Waals surface area contributed by atoms with Crippen molar-refractivity contribution in [3.8, 4) is 0 Å². The van der Waals surface area contributed by atoms with Crippen LogP contribution in [0.15, 0.2) is 17.3 Å². The number of nitrogens with one attached hydrogen (secondary N) is 3. The van der Waals surface area contributed by atoms with Gasteiger partial charge in [0.25, 0.3) is 5.91 Å². The van der Waals surface area contributed by atoms with Crippen molar-refractivity contribution in [2.24, 2.45) is 11.5 Å². The van der Waals surface area contributed by atoms with E-state index in [2.05, 4.69) is 33.2 Å². The van der Waals surface area contributed by atoms with Gasteiger partial charge in [-0.05, 0) is 12.5 Å². The quantitative estimate of drug-likeness (QED) is 0.251. The third-order valence-corrected chi connectivity index (χ3v) is 3.18. The molecular formula is C14H21N7O3S. The van der Waals surface area contributed by atoms with E-state index in [0.717, 1.165) is 0 Å². The fourth-order valence-corrected chi connectivity index (χ4v) is 2.06. The van der Waals surface area contributed by atoms with Gasteiger partial charge in [0.05, 0.1) is 23.5 Å². The van der Waals surface area contributed by atoms with E-state index in [4.69, 9.17) is 21.6 Å². The highest BCUT2D eigenvalue weighted by atomic mass is 32.1. The Hall–Kier alpha value is -2.66. The van der Waals surface area contributed by atoms with Gasteiger partial charge in [0.1, 0.15) is 11.9 Å². The molecule has 1 aromatic rings. The largest absolute Gasteiger partial charge is 0.378 e. The van der Waals surface area contributed by atoms with Gasteiger partial charge in [-0.15, -0.1) is 12.6 Å². The highest BCUT2D eigenvalue weighted by Crippen LogP contribution is 2.17. The zero-order valence-electron chi connectivity index (χ0n) is 13.9. The lowest BCUT2D eigenvalue weighted by molar-refractivity contribution is -0.118. The molecule has 2 amide bonds. The second-order valence-corrected chi connectivity index (χ2v) is 5.42. The molecule has 7 N–H and O–H groups in total. The first kappa shape index (κ1) is 20.4. The van der Waals surface area contributed by atoms with E-state index in [1.165, 1.54) is 19.4 Å². The Morgan fingerprint density at radius 2 is 2.16 bits per heavy atom. The third-order valence-electron chi connectivity index (χ3n) is 2.94. The molecule has 0 saturated carbocycles. The Morgan fingerprint density at radius 1 is 1.48 bits per heavy atom. The molecule has 1 rings (SSSR count). The van der Waals surface area contributed by atoms with Crippen molar-refractivity contribution in [2.45, 2.75) is 19.4 Å². The van der Waals surface area contributed by atoms with Crippen LogP contribution < -0.4 is 22.1 Å². The molecule has 0 bridgehead atoms. The second-order valence-electron chi connectivity index (χ2n) is 4.94. The summed E-state index contributed by atoms with van der Waals surface area (Å²) in [5, 5.41) is 13.4. The molecule has 11 heteroatoms. The van der Waals surface area contributed by atoms with Gasteiger partial charge in [-0.3, -0.25) is 9.59 Å². The minimum absolute atomic E-state index is 0.0308. The third kappa shape index (κ3) is 6.39. The zero-order chi connectivity index (χ0) is 19.0. The number of ether oxygens (including phenoxy) is 1. The number of primary amides is 2. The summed E-state index contributed by atoms with van der Waals surface area (Å²) < 4.78 is 4.83. The maximum Gasteiger partial charge on any atom is 0.271 e. The maximum atomic E-state index is 11.5. The maximum absolute atomic E-state index is 11.5. The fraction of sp³-hybridized carbons (Fsp3) is 0.357. The van der Waals surface area contributed by atoms with Crippen LogP contribution >= 0.6 is 12.6 Å². The highest BCUT2D eigenvalue weighted by Gasteiger charge is 2.17. The monoisotopic (exact) mass is 367 g/mol. The topological polar surface area (TPSA) is 169 Å². The van der Waals surface area contributed by atoms with Gasteiger partial charge >= 0.3 is 0 Å². The first-order valence-electron chi connectivity index (χ1n) is 7.25. The second kappa shape index (κ2) is 9.59. The van der Waals surface area contributed by atoms with Gasteiger partial charge in [0, 0.05) is 7.11 Å². The van der Waals surface area contributed by atoms with Gasteiger partial charge < -0.3 is 32.2 Å². The van der Waals surface area contributed by atoms with E-state index in [1.54, 1.807) is 6.92 Å². The van der Waals surface area contributed by atoms with Crippen LogP contribution in [0, 0.1) is 5.41 Å². The molecule has 1 atom stereocenters. The Kier molecular flexibility index (Phi) is 7.82. The number of aromatic nitrogens is 2. The Bertz CT molecular complexity index is 693. The number of nitrogens with zero attached hydrogens (tertiary/aromatic N) is 2. The van der Waals surface area contributed by atoms with Gasteiger partial charge in [0.2, 0.25) is 5.91 Å². The lowest BCUT2D eigenvalue weighted by Crippen LogP contribution is -2.35. The van der Waals surface area contributed by atoms with Crippen LogP contribution in [0.1, 0.15) is 23.8 Å². The van der Waals surface area contributed by atoms with Crippen LogP contribution in [0.5, 0.6) is 0 Å². The van der Waals surface area contributed by atoms with Crippen LogP contribution in [-0.2, 0) is 9.53 Å². The standard InChI is InChI=1S/C14H21N7O3S/c1-3-8(12(16)22)19-9-5-18-11(13(17)23)14(20-9)21-10(25)4-7(15)6-24-2/h4-5,8,15,25H,3,6H2,1-2H3,(H2,16,22)(H2,17,23)(H2,19,20,21)/b10-4-,15-7?/t8-/m1/s1. The minimum Gasteiger partial charge on any atom is -0.378 e. The number of thiol groups is 1. The van der Waals surface area contributed by atoms with Crippen LogP contribution in [0.25, 0.3) is 0 Å². The predicted octanol–water partition coefficient (Wildman–Crippen LogP) is 0.101. The summed E-state index contributed by atoms with van der Waals surface area (Å²) in [6, 6.07) is -0.637. The SMILES string of the molecule is CC[C@@H](Nc1cnc(C(N)=O)c(N/C(S)=C/C(=N)COC)n1)C(N)=O. The van der Waals surface area contributed by atoms with Crippen molar-refractivity contribution < 1.29 is 14.3 Å². The lowest BCUT2D eigenvalue weighted by Gasteiger charge is -2.15. The first-order valence-corrected chi connectivity index (χ1v) is 7.69. The van der Waals surface area contributed by atoms with Crippen molar-refractivity contribution in [3.63, 3.8) is 0 Å². The molecule has 0 saturated heterocycles. The number of rotatable bonds is 10. The minimum atomic E-state index is -0.795. The number of carbonyl (C=O) groups is 2. The van der Waals surface area contributed by atoms with E-state index in [9.17, 15) is 9.59 Å². The Morgan fingerprint density at radius 3 is 2.68 bits per heavy atom. The summed E-state index contributed by atoms with van der Waals surface area (Å²) in [6.07, 6.45) is 3.10. The van der Waals surface area contributed by atoms with Crippen molar-refractivity contribution in [1.29, 1.82) is 5.41 Å². The molecule has 25 heavy (non-hydrogen) atoms. The van der Waals surface area contributed by atoms with Crippen molar-refractivity contribution >= 4 is 41.8 Å². The predicted molar refractivity (Wildman–Crippen MR) is 97.7 cm³/mol. The molecule has 136 valence electrons. The number of carbonyl (C=O) groups excluding carboxylic acids is 2. The molecule has 0 fully saturated rings. The van der Waals surface area contributed by atoms with Gasteiger partial charge in [0.15, 0.2) is 11.5 Å². The van der Waals surface area contributed by atoms with E-state index in [-0.39, 0.29) is 34.7 Å². The molecule has 0 spiro atoms. The molecule has 10 nitrogen and oxygen atoms in total. The van der Waals surface area contributed by atoms with Crippen molar-refractivity contribution in [3.05, 3.63) is 23.0 Å². The van der Waals surface area contributed by atoms with Crippen LogP contribution in [0.3, 0.4) is 0 Å². The lowest BCUT2D eigenvalue weighted by atomic mass is 10.2. The summed E-state index contributed by atoms with van der Waals surface area (Å²) in [5.41, 5.74) is 10.6. The Labute approximate surface area is 150 Å². The average molecular weight is 367 g/mol. The molecule has 1 heterocycles.